The van der Waals surface area contributed by atoms with Gasteiger partial charge in [0, 0.05) is 51.2 Å². The SMILES string of the molecule is Cc1cccc(N(c2ccc(N(c3ccc(/C=C(\C#N)C(=O)O)cc3)c3ccc(N(c4cccc(C)c4)c4cccc(C)c4)cc3)cc2)c2cccc(C)c2)c1. The van der Waals surface area contributed by atoms with Crippen LogP contribution < -0.4 is 14.7 Å². The maximum Gasteiger partial charge on any atom is 0.346 e. The summed E-state index contributed by atoms with van der Waals surface area (Å²) in [5, 5.41) is 18.8. The number of carboxylic acids is 1. The number of hydrogen-bond acceptors (Lipinski definition) is 5. The van der Waals surface area contributed by atoms with Crippen LogP contribution in [0.15, 0.2) is 175 Å². The van der Waals surface area contributed by atoms with Gasteiger partial charge in [-0.3, -0.25) is 0 Å². The highest BCUT2D eigenvalue weighted by Crippen LogP contribution is 2.41. The number of benzene rings is 7. The second-order valence-corrected chi connectivity index (χ2v) is 14.0. The molecule has 0 aliphatic rings. The third-order valence-electron chi connectivity index (χ3n) is 9.58. The summed E-state index contributed by atoms with van der Waals surface area (Å²) in [6, 6.07) is 60.5. The van der Waals surface area contributed by atoms with Crippen molar-refractivity contribution < 1.29 is 9.90 Å². The van der Waals surface area contributed by atoms with Gasteiger partial charge in [0.1, 0.15) is 11.6 Å². The standard InChI is InChI=1S/C50H42N4O2/c1-35-9-5-13-46(29-35)53(47-14-6-10-36(2)30-47)44-25-21-42(22-26-44)52(41-19-17-39(18-20-41)33-40(34-51)50(55)56)43-23-27-45(28-24-43)54(48-15-7-11-37(3)31-48)49-16-8-12-38(4)32-49/h5-33H,1-4H3,(H,55,56)/b40-33+. The van der Waals surface area contributed by atoms with Gasteiger partial charge in [0.15, 0.2) is 0 Å². The maximum absolute atomic E-state index is 11.6. The molecule has 0 aliphatic heterocycles. The summed E-state index contributed by atoms with van der Waals surface area (Å²) in [5.74, 6) is -1.26. The highest BCUT2D eigenvalue weighted by molar-refractivity contribution is 5.96. The molecule has 0 spiro atoms. The Kier molecular flexibility index (Phi) is 10.8. The van der Waals surface area contributed by atoms with Crippen LogP contribution in [0.25, 0.3) is 6.08 Å². The summed E-state index contributed by atoms with van der Waals surface area (Å²) in [7, 11) is 0. The first kappa shape index (κ1) is 37.0. The van der Waals surface area contributed by atoms with E-state index in [2.05, 4.69) is 188 Å². The van der Waals surface area contributed by atoms with Crippen molar-refractivity contribution in [2.45, 2.75) is 27.7 Å². The van der Waals surface area contributed by atoms with Crippen molar-refractivity contribution in [1.29, 1.82) is 5.26 Å². The molecule has 0 unspecified atom stereocenters. The predicted octanol–water partition coefficient (Wildman–Crippen LogP) is 13.3. The van der Waals surface area contributed by atoms with E-state index in [-0.39, 0.29) is 5.57 Å². The van der Waals surface area contributed by atoms with Crippen molar-refractivity contribution in [1.82, 2.24) is 0 Å². The van der Waals surface area contributed by atoms with Crippen molar-refractivity contribution in [3.8, 4) is 6.07 Å². The van der Waals surface area contributed by atoms with E-state index in [0.29, 0.717) is 5.56 Å². The average Bonchev–Trinajstić information content (AvgIpc) is 3.19. The highest BCUT2D eigenvalue weighted by atomic mass is 16.4. The molecule has 0 fully saturated rings. The minimum atomic E-state index is -1.26. The fourth-order valence-corrected chi connectivity index (χ4v) is 6.94. The Labute approximate surface area is 329 Å². The van der Waals surface area contributed by atoms with Crippen LogP contribution in [0.3, 0.4) is 0 Å². The molecule has 56 heavy (non-hydrogen) atoms. The lowest BCUT2D eigenvalue weighted by Crippen LogP contribution is -2.13. The van der Waals surface area contributed by atoms with Gasteiger partial charge in [-0.05, 0) is 171 Å². The zero-order valence-corrected chi connectivity index (χ0v) is 31.9. The molecule has 1 N–H and O–H groups in total. The minimum Gasteiger partial charge on any atom is -0.477 e. The quantitative estimate of drug-likeness (QED) is 0.106. The maximum atomic E-state index is 11.6. The molecule has 0 aromatic heterocycles. The van der Waals surface area contributed by atoms with Crippen molar-refractivity contribution >= 4 is 63.2 Å². The molecule has 0 saturated carbocycles. The van der Waals surface area contributed by atoms with E-state index in [1.807, 2.05) is 24.3 Å². The Morgan fingerprint density at radius 1 is 0.446 bits per heavy atom. The fourth-order valence-electron chi connectivity index (χ4n) is 6.94. The first-order chi connectivity index (χ1) is 27.2. The first-order valence-electron chi connectivity index (χ1n) is 18.5. The number of nitriles is 1. The van der Waals surface area contributed by atoms with Gasteiger partial charge >= 0.3 is 5.97 Å². The van der Waals surface area contributed by atoms with Gasteiger partial charge in [-0.2, -0.15) is 5.26 Å². The molecule has 7 rings (SSSR count). The number of rotatable bonds is 11. The van der Waals surface area contributed by atoms with Crippen LogP contribution in [0, 0.1) is 39.0 Å². The summed E-state index contributed by atoms with van der Waals surface area (Å²) in [5.41, 5.74) is 14.1. The Hall–Kier alpha value is -7.36. The summed E-state index contributed by atoms with van der Waals surface area (Å²) >= 11 is 0. The lowest BCUT2D eigenvalue weighted by molar-refractivity contribution is -0.132. The molecule has 0 radical (unpaired) electrons. The van der Waals surface area contributed by atoms with E-state index in [1.54, 1.807) is 6.07 Å². The number of carbonyl (C=O) groups is 1. The number of anilines is 9. The minimum absolute atomic E-state index is 0.320. The van der Waals surface area contributed by atoms with Crippen LogP contribution in [-0.4, -0.2) is 11.1 Å². The van der Waals surface area contributed by atoms with E-state index in [9.17, 15) is 15.2 Å². The van der Waals surface area contributed by atoms with Gasteiger partial charge in [-0.15, -0.1) is 0 Å². The zero-order valence-electron chi connectivity index (χ0n) is 31.9. The Morgan fingerprint density at radius 2 is 0.714 bits per heavy atom. The number of aryl methyl sites for hydroxylation is 4. The molecule has 0 amide bonds. The highest BCUT2D eigenvalue weighted by Gasteiger charge is 2.19. The van der Waals surface area contributed by atoms with Crippen LogP contribution in [0.4, 0.5) is 51.2 Å². The Morgan fingerprint density at radius 3 is 0.964 bits per heavy atom. The smallest absolute Gasteiger partial charge is 0.346 e. The van der Waals surface area contributed by atoms with Crippen molar-refractivity contribution in [2.24, 2.45) is 0 Å². The van der Waals surface area contributed by atoms with Crippen LogP contribution in [0.5, 0.6) is 0 Å². The number of nitrogens with zero attached hydrogens (tertiary/aromatic N) is 4. The molecule has 0 atom stereocenters. The van der Waals surface area contributed by atoms with Crippen LogP contribution in [0.2, 0.25) is 0 Å². The Bertz CT molecular complexity index is 2340. The van der Waals surface area contributed by atoms with Gasteiger partial charge in [-0.25, -0.2) is 4.79 Å². The molecule has 0 heterocycles. The van der Waals surface area contributed by atoms with E-state index in [0.717, 1.165) is 51.2 Å². The van der Waals surface area contributed by atoms with Crippen LogP contribution in [0.1, 0.15) is 27.8 Å². The first-order valence-corrected chi connectivity index (χ1v) is 18.5. The number of aliphatic carboxylic acids is 1. The van der Waals surface area contributed by atoms with E-state index >= 15 is 0 Å². The molecule has 0 aliphatic carbocycles. The third kappa shape index (κ3) is 8.23. The van der Waals surface area contributed by atoms with Gasteiger partial charge < -0.3 is 19.8 Å². The summed E-state index contributed by atoms with van der Waals surface area (Å²) < 4.78 is 0. The molecule has 0 saturated heterocycles. The van der Waals surface area contributed by atoms with Gasteiger partial charge in [-0.1, -0.05) is 60.7 Å². The second kappa shape index (κ2) is 16.3. The van der Waals surface area contributed by atoms with Crippen LogP contribution >= 0.6 is 0 Å². The fraction of sp³-hybridized carbons (Fsp3) is 0.0800. The largest absolute Gasteiger partial charge is 0.477 e. The molecule has 0 bridgehead atoms. The zero-order chi connectivity index (χ0) is 39.2. The molecule has 274 valence electrons. The average molecular weight is 731 g/mol. The van der Waals surface area contributed by atoms with E-state index in [1.165, 1.54) is 28.3 Å². The number of carboxylic acid groups (broad SMARTS) is 1. The summed E-state index contributed by atoms with van der Waals surface area (Å²) in [6.07, 6.45) is 1.39. The van der Waals surface area contributed by atoms with Crippen molar-refractivity contribution in [3.05, 3.63) is 203 Å². The van der Waals surface area contributed by atoms with E-state index in [4.69, 9.17) is 0 Å². The third-order valence-corrected chi connectivity index (χ3v) is 9.58. The monoisotopic (exact) mass is 730 g/mol. The molecular weight excluding hydrogens is 689 g/mol. The molecule has 6 heteroatoms. The topological polar surface area (TPSA) is 70.8 Å². The van der Waals surface area contributed by atoms with Crippen molar-refractivity contribution in [3.63, 3.8) is 0 Å². The summed E-state index contributed by atoms with van der Waals surface area (Å²) in [4.78, 5) is 18.3. The molecular formula is C50H42N4O2. The van der Waals surface area contributed by atoms with Crippen molar-refractivity contribution in [2.75, 3.05) is 14.7 Å². The van der Waals surface area contributed by atoms with Crippen LogP contribution in [-0.2, 0) is 4.79 Å². The number of hydrogen-bond donors (Lipinski definition) is 1. The second-order valence-electron chi connectivity index (χ2n) is 14.0. The summed E-state index contributed by atoms with van der Waals surface area (Å²) in [6.45, 7) is 8.42. The lowest BCUT2D eigenvalue weighted by atomic mass is 10.1. The van der Waals surface area contributed by atoms with E-state index < -0.39 is 5.97 Å². The lowest BCUT2D eigenvalue weighted by Gasteiger charge is -2.30. The van der Waals surface area contributed by atoms with Gasteiger partial charge in [0.05, 0.1) is 0 Å². The molecule has 7 aromatic carbocycles. The predicted molar refractivity (Wildman–Crippen MR) is 231 cm³/mol. The van der Waals surface area contributed by atoms with Gasteiger partial charge in [0.2, 0.25) is 0 Å². The Balaban J connectivity index is 1.32. The van der Waals surface area contributed by atoms with Gasteiger partial charge in [0.25, 0.3) is 0 Å². The molecule has 6 nitrogen and oxygen atoms in total. The molecule has 7 aromatic rings. The normalized spacial score (nSPS) is 11.1.